The maximum absolute atomic E-state index is 12.1. The van der Waals surface area contributed by atoms with Gasteiger partial charge >= 0.3 is 5.97 Å². The van der Waals surface area contributed by atoms with Gasteiger partial charge < -0.3 is 19.3 Å². The molecule has 1 aliphatic carbocycles. The second-order valence-electron chi connectivity index (χ2n) is 9.15. The Morgan fingerprint density at radius 2 is 2.03 bits per heavy atom. The molecule has 34 heavy (non-hydrogen) atoms. The van der Waals surface area contributed by atoms with E-state index in [0.29, 0.717) is 31.8 Å². The normalized spacial score (nSPS) is 25.3. The SMILES string of the molecule is CCOC(=O)c1cccc(C2=CC[C@@H]3[C@@H](/C=C/C(C)COc4ccccc4)[C@H](O)C[C@@H]3OC2)c1. The molecular weight excluding hydrogens is 428 g/mol. The summed E-state index contributed by atoms with van der Waals surface area (Å²) in [6, 6.07) is 17.3. The lowest BCUT2D eigenvalue weighted by molar-refractivity contribution is 0.0469. The molecule has 1 fully saturated rings. The number of rotatable bonds is 8. The van der Waals surface area contributed by atoms with E-state index in [2.05, 4.69) is 25.2 Å². The first-order valence-electron chi connectivity index (χ1n) is 12.2. The van der Waals surface area contributed by atoms with Crippen LogP contribution in [0.1, 0.15) is 42.6 Å². The Labute approximate surface area is 202 Å². The fraction of sp³-hybridized carbons (Fsp3) is 0.414. The molecule has 0 radical (unpaired) electrons. The van der Waals surface area contributed by atoms with Crippen molar-refractivity contribution in [1.29, 1.82) is 0 Å². The van der Waals surface area contributed by atoms with Crippen molar-refractivity contribution in [3.63, 3.8) is 0 Å². The molecule has 0 spiro atoms. The number of allylic oxidation sites excluding steroid dienone is 1. The molecule has 1 saturated carbocycles. The maximum atomic E-state index is 12.1. The van der Waals surface area contributed by atoms with Crippen molar-refractivity contribution in [1.82, 2.24) is 0 Å². The average molecular weight is 463 g/mol. The van der Waals surface area contributed by atoms with Crippen molar-refractivity contribution in [3.05, 3.63) is 84.0 Å². The van der Waals surface area contributed by atoms with E-state index >= 15 is 0 Å². The quantitative estimate of drug-likeness (QED) is 0.426. The molecular formula is C29H34O5. The van der Waals surface area contributed by atoms with E-state index in [1.807, 2.05) is 48.5 Å². The van der Waals surface area contributed by atoms with Crippen molar-refractivity contribution in [2.75, 3.05) is 19.8 Å². The molecule has 0 aromatic heterocycles. The second-order valence-corrected chi connectivity index (χ2v) is 9.15. The lowest BCUT2D eigenvalue weighted by atomic mass is 9.89. The highest BCUT2D eigenvalue weighted by Gasteiger charge is 2.42. The van der Waals surface area contributed by atoms with Crippen LogP contribution in [0.25, 0.3) is 5.57 Å². The van der Waals surface area contributed by atoms with Gasteiger partial charge in [0, 0.05) is 18.3 Å². The van der Waals surface area contributed by atoms with Gasteiger partial charge in [-0.25, -0.2) is 4.79 Å². The lowest BCUT2D eigenvalue weighted by Crippen LogP contribution is -2.21. The molecule has 1 unspecified atom stereocenters. The number of aliphatic hydroxyl groups is 1. The molecule has 4 rings (SSSR count). The number of carbonyl (C=O) groups excluding carboxylic acids is 1. The molecule has 1 heterocycles. The average Bonchev–Trinajstić information content (AvgIpc) is 3.01. The lowest BCUT2D eigenvalue weighted by Gasteiger charge is -2.21. The zero-order valence-electron chi connectivity index (χ0n) is 19.9. The second kappa shape index (κ2) is 11.5. The molecule has 2 aliphatic rings. The van der Waals surface area contributed by atoms with Crippen LogP contribution in [0, 0.1) is 17.8 Å². The molecule has 5 heteroatoms. The first-order chi connectivity index (χ1) is 16.5. The summed E-state index contributed by atoms with van der Waals surface area (Å²) < 4.78 is 17.2. The zero-order chi connectivity index (χ0) is 23.9. The molecule has 0 saturated heterocycles. The van der Waals surface area contributed by atoms with Gasteiger partial charge in [0.15, 0.2) is 0 Å². The minimum atomic E-state index is -0.407. The summed E-state index contributed by atoms with van der Waals surface area (Å²) in [7, 11) is 0. The fourth-order valence-corrected chi connectivity index (χ4v) is 4.79. The number of para-hydroxylation sites is 1. The Kier molecular flexibility index (Phi) is 8.20. The van der Waals surface area contributed by atoms with Gasteiger partial charge in [-0.1, -0.05) is 55.5 Å². The van der Waals surface area contributed by atoms with Gasteiger partial charge in [0.25, 0.3) is 0 Å². The smallest absolute Gasteiger partial charge is 0.338 e. The third kappa shape index (κ3) is 5.96. The van der Waals surface area contributed by atoms with Crippen LogP contribution >= 0.6 is 0 Å². The van der Waals surface area contributed by atoms with Gasteiger partial charge in [0.05, 0.1) is 37.6 Å². The van der Waals surface area contributed by atoms with E-state index in [1.165, 1.54) is 0 Å². The van der Waals surface area contributed by atoms with Crippen LogP contribution in [0.15, 0.2) is 72.8 Å². The predicted molar refractivity (Wildman–Crippen MR) is 133 cm³/mol. The van der Waals surface area contributed by atoms with Crippen LogP contribution in [0.4, 0.5) is 0 Å². The minimum Gasteiger partial charge on any atom is -0.493 e. The number of benzene rings is 2. The van der Waals surface area contributed by atoms with Crippen molar-refractivity contribution in [2.24, 2.45) is 17.8 Å². The maximum Gasteiger partial charge on any atom is 0.338 e. The summed E-state index contributed by atoms with van der Waals surface area (Å²) in [4.78, 5) is 12.1. The van der Waals surface area contributed by atoms with Crippen LogP contribution in [0.2, 0.25) is 0 Å². The topological polar surface area (TPSA) is 65.0 Å². The molecule has 5 atom stereocenters. The number of esters is 1. The van der Waals surface area contributed by atoms with Gasteiger partial charge in [-0.3, -0.25) is 0 Å². The number of hydrogen-bond acceptors (Lipinski definition) is 5. The summed E-state index contributed by atoms with van der Waals surface area (Å²) in [5.74, 6) is 1.06. The summed E-state index contributed by atoms with van der Waals surface area (Å²) >= 11 is 0. The Bertz CT molecular complexity index is 1010. The highest BCUT2D eigenvalue weighted by Crippen LogP contribution is 2.41. The molecule has 0 amide bonds. The van der Waals surface area contributed by atoms with Crippen LogP contribution in [-0.4, -0.2) is 43.1 Å². The third-order valence-electron chi connectivity index (χ3n) is 6.64. The van der Waals surface area contributed by atoms with Crippen molar-refractivity contribution in [2.45, 2.75) is 38.9 Å². The van der Waals surface area contributed by atoms with E-state index < -0.39 is 6.10 Å². The van der Waals surface area contributed by atoms with E-state index in [0.717, 1.165) is 23.3 Å². The van der Waals surface area contributed by atoms with Crippen molar-refractivity contribution in [3.8, 4) is 5.75 Å². The van der Waals surface area contributed by atoms with Crippen LogP contribution in [-0.2, 0) is 9.47 Å². The molecule has 2 aromatic carbocycles. The highest BCUT2D eigenvalue weighted by molar-refractivity contribution is 5.90. The van der Waals surface area contributed by atoms with Crippen molar-refractivity contribution >= 4 is 11.5 Å². The Hall–Kier alpha value is -2.89. The Morgan fingerprint density at radius 3 is 2.82 bits per heavy atom. The Balaban J connectivity index is 1.40. The van der Waals surface area contributed by atoms with Gasteiger partial charge in [-0.2, -0.15) is 0 Å². The van der Waals surface area contributed by atoms with E-state index in [-0.39, 0.29) is 29.8 Å². The molecule has 1 N–H and O–H groups in total. The first kappa shape index (κ1) is 24.2. The number of fused-ring (bicyclic) bond motifs is 1. The van der Waals surface area contributed by atoms with E-state index in [4.69, 9.17) is 14.2 Å². The van der Waals surface area contributed by atoms with Crippen LogP contribution in [0.5, 0.6) is 5.75 Å². The number of aliphatic hydroxyl groups excluding tert-OH is 1. The monoisotopic (exact) mass is 462 g/mol. The molecule has 1 aliphatic heterocycles. The fourth-order valence-electron chi connectivity index (χ4n) is 4.79. The van der Waals surface area contributed by atoms with E-state index in [9.17, 15) is 9.90 Å². The standard InChI is InChI=1S/C29H34O5/c1-3-32-29(31)22-9-7-8-21(16-22)23-13-15-26-25(27(30)17-28(26)34-19-23)14-12-20(2)18-33-24-10-5-4-6-11-24/h4-14,16,20,25-28,30H,3,15,17-19H2,1-2H3/b14-12+/t20?,25-,26-,27-,28+/m1/s1. The highest BCUT2D eigenvalue weighted by atomic mass is 16.5. The van der Waals surface area contributed by atoms with Gasteiger partial charge in [0.2, 0.25) is 0 Å². The summed E-state index contributed by atoms with van der Waals surface area (Å²) in [6.07, 6.45) is 7.58. The minimum absolute atomic E-state index is 0.0162. The summed E-state index contributed by atoms with van der Waals surface area (Å²) in [5, 5.41) is 10.7. The van der Waals surface area contributed by atoms with Crippen molar-refractivity contribution < 1.29 is 24.1 Å². The molecule has 0 bridgehead atoms. The number of ether oxygens (including phenoxy) is 3. The van der Waals surface area contributed by atoms with Gasteiger partial charge in [-0.05, 0) is 54.7 Å². The Morgan fingerprint density at radius 1 is 1.21 bits per heavy atom. The largest absolute Gasteiger partial charge is 0.493 e. The van der Waals surface area contributed by atoms with Gasteiger partial charge in [-0.15, -0.1) is 0 Å². The van der Waals surface area contributed by atoms with Gasteiger partial charge in [0.1, 0.15) is 5.75 Å². The molecule has 180 valence electrons. The van der Waals surface area contributed by atoms with Crippen LogP contribution in [0.3, 0.4) is 0 Å². The number of carbonyl (C=O) groups is 1. The number of hydrogen-bond donors (Lipinski definition) is 1. The van der Waals surface area contributed by atoms with E-state index in [1.54, 1.807) is 13.0 Å². The first-order valence-corrected chi connectivity index (χ1v) is 12.2. The predicted octanol–water partition coefficient (Wildman–Crippen LogP) is 5.30. The zero-order valence-corrected chi connectivity index (χ0v) is 19.9. The molecule has 2 aromatic rings. The molecule has 5 nitrogen and oxygen atoms in total. The van der Waals surface area contributed by atoms with Crippen LogP contribution < -0.4 is 4.74 Å². The third-order valence-corrected chi connectivity index (χ3v) is 6.64. The summed E-state index contributed by atoms with van der Waals surface area (Å²) in [5.41, 5.74) is 2.60. The summed E-state index contributed by atoms with van der Waals surface area (Å²) in [6.45, 7) is 5.34.